The molecule has 2 aliphatic rings. The normalized spacial score (nSPS) is 17.6. The highest BCUT2D eigenvalue weighted by Gasteiger charge is 2.23. The Morgan fingerprint density at radius 2 is 1.76 bits per heavy atom. The van der Waals surface area contributed by atoms with Gasteiger partial charge in [0.05, 0.1) is 17.6 Å². The first-order chi connectivity index (χ1) is 16.6. The Balaban J connectivity index is 1.30. The number of aromatic nitrogens is 4. The van der Waals surface area contributed by atoms with Crippen molar-refractivity contribution < 1.29 is 4.79 Å². The van der Waals surface area contributed by atoms with Crippen LogP contribution < -0.4 is 5.32 Å². The van der Waals surface area contributed by atoms with Gasteiger partial charge in [0, 0.05) is 43.1 Å². The summed E-state index contributed by atoms with van der Waals surface area (Å²) in [5.41, 5.74) is 3.47. The van der Waals surface area contributed by atoms with Gasteiger partial charge in [-0.05, 0) is 70.1 Å². The predicted molar refractivity (Wildman–Crippen MR) is 133 cm³/mol. The van der Waals surface area contributed by atoms with E-state index in [1.165, 1.54) is 25.7 Å². The Bertz CT molecular complexity index is 1130. The summed E-state index contributed by atoms with van der Waals surface area (Å²) in [4.78, 5) is 30.9. The molecule has 2 fully saturated rings. The fraction of sp³-hybridized carbons (Fsp3) is 0.462. The zero-order valence-corrected chi connectivity index (χ0v) is 20.1. The van der Waals surface area contributed by atoms with Gasteiger partial charge < -0.3 is 19.7 Å². The molecule has 1 N–H and O–H groups in total. The molecule has 3 aromatic rings. The largest absolute Gasteiger partial charge is 0.337 e. The molecule has 0 atom stereocenters. The summed E-state index contributed by atoms with van der Waals surface area (Å²) in [7, 11) is 2.11. The molecule has 5 rings (SSSR count). The second kappa shape index (κ2) is 9.93. The van der Waals surface area contributed by atoms with Crippen LogP contribution >= 0.6 is 0 Å². The second-order valence-electron chi connectivity index (χ2n) is 9.42. The minimum absolute atomic E-state index is 0.0932. The lowest BCUT2D eigenvalue weighted by Crippen LogP contribution is -2.34. The maximum Gasteiger partial charge on any atom is 0.253 e. The van der Waals surface area contributed by atoms with Gasteiger partial charge >= 0.3 is 0 Å². The van der Waals surface area contributed by atoms with Crippen LogP contribution in [0.1, 0.15) is 54.3 Å². The van der Waals surface area contributed by atoms with E-state index in [9.17, 15) is 4.79 Å². The number of amides is 1. The number of imidazole rings is 1. The Labute approximate surface area is 201 Å². The molecule has 0 radical (unpaired) electrons. The van der Waals surface area contributed by atoms with Gasteiger partial charge in [0.25, 0.3) is 5.91 Å². The number of hydrogen-bond acceptors (Lipinski definition) is 6. The molecule has 1 aliphatic carbocycles. The average Bonchev–Trinajstić information content (AvgIpc) is 3.45. The van der Waals surface area contributed by atoms with E-state index in [4.69, 9.17) is 4.98 Å². The highest BCUT2D eigenvalue weighted by molar-refractivity contribution is 5.94. The number of nitrogens with zero attached hydrogens (tertiary/aromatic N) is 6. The first-order valence-corrected chi connectivity index (χ1v) is 12.3. The van der Waals surface area contributed by atoms with Crippen LogP contribution in [-0.4, -0.2) is 68.5 Å². The van der Waals surface area contributed by atoms with E-state index in [-0.39, 0.29) is 5.91 Å². The lowest BCUT2D eigenvalue weighted by Gasteiger charge is -2.20. The molecule has 178 valence electrons. The number of aryl methyl sites for hydroxylation is 1. The van der Waals surface area contributed by atoms with Crippen LogP contribution in [0, 0.1) is 6.92 Å². The molecular formula is C26H33N7O. The van der Waals surface area contributed by atoms with Gasteiger partial charge in [0.1, 0.15) is 5.82 Å². The molecular weight excluding hydrogens is 426 g/mol. The highest BCUT2D eigenvalue weighted by Crippen LogP contribution is 2.34. The highest BCUT2D eigenvalue weighted by atomic mass is 16.2. The summed E-state index contributed by atoms with van der Waals surface area (Å²) in [6.07, 6.45) is 9.63. The minimum atomic E-state index is 0.0932. The van der Waals surface area contributed by atoms with Gasteiger partial charge in [-0.2, -0.15) is 0 Å². The third kappa shape index (κ3) is 4.82. The van der Waals surface area contributed by atoms with E-state index in [1.54, 1.807) is 6.20 Å². The van der Waals surface area contributed by atoms with Crippen molar-refractivity contribution in [3.8, 4) is 11.4 Å². The van der Waals surface area contributed by atoms with Crippen LogP contribution in [-0.2, 0) is 0 Å². The number of rotatable bonds is 5. The van der Waals surface area contributed by atoms with E-state index in [2.05, 4.69) is 38.7 Å². The summed E-state index contributed by atoms with van der Waals surface area (Å²) in [6, 6.07) is 10.0. The van der Waals surface area contributed by atoms with Crippen molar-refractivity contribution >= 4 is 17.5 Å². The van der Waals surface area contributed by atoms with Crippen molar-refractivity contribution in [3.05, 3.63) is 54.1 Å². The van der Waals surface area contributed by atoms with Crippen LogP contribution in [0.15, 0.2) is 42.7 Å². The van der Waals surface area contributed by atoms with Gasteiger partial charge in [-0.15, -0.1) is 0 Å². The maximum absolute atomic E-state index is 12.9. The lowest BCUT2D eigenvalue weighted by atomic mass is 10.1. The zero-order chi connectivity index (χ0) is 23.5. The molecule has 1 aliphatic heterocycles. The standard InChI is InChI=1S/C26H33N7O/c1-19-28-18-24(33(19)22-6-3-4-7-22)23-12-13-27-26(30-23)29-21-10-8-20(9-11-21)25(34)32-15-5-14-31(2)16-17-32/h8-13,18,22H,3-7,14-17H2,1-2H3,(H,27,29,30). The second-order valence-corrected chi connectivity index (χ2v) is 9.42. The van der Waals surface area contributed by atoms with Crippen molar-refractivity contribution in [1.82, 2.24) is 29.3 Å². The van der Waals surface area contributed by atoms with Crippen molar-refractivity contribution in [2.75, 3.05) is 38.5 Å². The molecule has 2 aromatic heterocycles. The van der Waals surface area contributed by atoms with Crippen LogP contribution in [0.4, 0.5) is 11.6 Å². The quantitative estimate of drug-likeness (QED) is 0.613. The number of hydrogen-bond donors (Lipinski definition) is 1. The molecule has 8 nitrogen and oxygen atoms in total. The molecule has 34 heavy (non-hydrogen) atoms. The first-order valence-electron chi connectivity index (χ1n) is 12.3. The Morgan fingerprint density at radius 1 is 0.971 bits per heavy atom. The Morgan fingerprint density at radius 3 is 2.56 bits per heavy atom. The number of carbonyl (C=O) groups excluding carboxylic acids is 1. The smallest absolute Gasteiger partial charge is 0.253 e. The number of anilines is 2. The van der Waals surface area contributed by atoms with E-state index < -0.39 is 0 Å². The van der Waals surface area contributed by atoms with Gasteiger partial charge in [-0.25, -0.2) is 15.0 Å². The molecule has 0 unspecified atom stereocenters. The van der Waals surface area contributed by atoms with Crippen LogP contribution in [0.5, 0.6) is 0 Å². The van der Waals surface area contributed by atoms with Crippen LogP contribution in [0.25, 0.3) is 11.4 Å². The van der Waals surface area contributed by atoms with Crippen molar-refractivity contribution in [2.24, 2.45) is 0 Å². The average molecular weight is 460 g/mol. The zero-order valence-electron chi connectivity index (χ0n) is 20.1. The molecule has 0 bridgehead atoms. The molecule has 8 heteroatoms. The van der Waals surface area contributed by atoms with Gasteiger partial charge in [-0.3, -0.25) is 4.79 Å². The lowest BCUT2D eigenvalue weighted by molar-refractivity contribution is 0.0763. The monoisotopic (exact) mass is 459 g/mol. The van der Waals surface area contributed by atoms with Crippen molar-refractivity contribution in [1.29, 1.82) is 0 Å². The van der Waals surface area contributed by atoms with E-state index in [0.717, 1.165) is 55.5 Å². The summed E-state index contributed by atoms with van der Waals surface area (Å²) < 4.78 is 2.33. The number of benzene rings is 1. The third-order valence-electron chi connectivity index (χ3n) is 6.98. The molecule has 1 saturated heterocycles. The minimum Gasteiger partial charge on any atom is -0.337 e. The molecule has 1 aromatic carbocycles. The SMILES string of the molecule is Cc1ncc(-c2ccnc(Nc3ccc(C(=O)N4CCCN(C)CC4)cc3)n2)n1C1CCCC1. The molecule has 1 amide bonds. The van der Waals surface area contributed by atoms with Gasteiger partial charge in [0.2, 0.25) is 5.95 Å². The molecule has 3 heterocycles. The van der Waals surface area contributed by atoms with E-state index >= 15 is 0 Å². The topological polar surface area (TPSA) is 79.2 Å². The summed E-state index contributed by atoms with van der Waals surface area (Å²) >= 11 is 0. The fourth-order valence-electron chi connectivity index (χ4n) is 5.09. The summed E-state index contributed by atoms with van der Waals surface area (Å²) in [5, 5.41) is 3.29. The van der Waals surface area contributed by atoms with Crippen molar-refractivity contribution in [3.63, 3.8) is 0 Å². The summed E-state index contributed by atoms with van der Waals surface area (Å²) in [5.74, 6) is 1.66. The molecule has 1 saturated carbocycles. The van der Waals surface area contributed by atoms with Gasteiger partial charge in [0.15, 0.2) is 0 Å². The molecule has 0 spiro atoms. The predicted octanol–water partition coefficient (Wildman–Crippen LogP) is 4.28. The fourth-order valence-corrected chi connectivity index (χ4v) is 5.09. The summed E-state index contributed by atoms with van der Waals surface area (Å²) in [6.45, 7) is 5.59. The maximum atomic E-state index is 12.9. The van der Waals surface area contributed by atoms with Crippen LogP contribution in [0.2, 0.25) is 0 Å². The van der Waals surface area contributed by atoms with E-state index in [1.807, 2.05) is 41.4 Å². The number of carbonyl (C=O) groups is 1. The van der Waals surface area contributed by atoms with Crippen molar-refractivity contribution in [2.45, 2.75) is 45.1 Å². The number of nitrogens with one attached hydrogen (secondary N) is 1. The first kappa shape index (κ1) is 22.5. The van der Waals surface area contributed by atoms with Crippen LogP contribution in [0.3, 0.4) is 0 Å². The number of likely N-dealkylation sites (N-methyl/N-ethyl adjacent to an activating group) is 1. The third-order valence-corrected chi connectivity index (χ3v) is 6.98. The Kier molecular flexibility index (Phi) is 6.58. The van der Waals surface area contributed by atoms with E-state index in [0.29, 0.717) is 17.6 Å². The Hall–Kier alpha value is -3.26. The van der Waals surface area contributed by atoms with Gasteiger partial charge in [-0.1, -0.05) is 12.8 Å².